The van der Waals surface area contributed by atoms with Gasteiger partial charge in [-0.05, 0) is 42.3 Å². The average Bonchev–Trinajstić information content (AvgIpc) is 2.54. The zero-order chi connectivity index (χ0) is 18.7. The van der Waals surface area contributed by atoms with Gasteiger partial charge >= 0.3 is 0 Å². The van der Waals surface area contributed by atoms with Crippen molar-refractivity contribution in [2.75, 3.05) is 0 Å². The van der Waals surface area contributed by atoms with E-state index in [0.29, 0.717) is 16.5 Å². The van der Waals surface area contributed by atoms with Crippen LogP contribution < -0.4 is 0 Å². The van der Waals surface area contributed by atoms with Gasteiger partial charge < -0.3 is 0 Å². The maximum Gasteiger partial charge on any atom is 0.175 e. The fourth-order valence-electron chi connectivity index (χ4n) is 2.59. The average molecular weight is 418 g/mol. The smallest absolute Gasteiger partial charge is 0.175 e. The van der Waals surface area contributed by atoms with Crippen LogP contribution in [-0.4, -0.2) is 11.6 Å². The lowest BCUT2D eigenvalue weighted by Gasteiger charge is -2.22. The topological polar surface area (TPSA) is 34.1 Å². The normalized spacial score (nSPS) is 12.3. The van der Waals surface area contributed by atoms with E-state index < -0.39 is 5.92 Å². The maximum atomic E-state index is 13.1. The molecule has 25 heavy (non-hydrogen) atoms. The molecule has 0 radical (unpaired) electrons. The Hall–Kier alpha value is -1.06. The van der Waals surface area contributed by atoms with Crippen molar-refractivity contribution in [1.82, 2.24) is 0 Å². The maximum absolute atomic E-state index is 13.1. The number of benzene rings is 2. The number of carbonyl (C=O) groups excluding carboxylic acids is 2. The minimum absolute atomic E-state index is 0.182. The summed E-state index contributed by atoms with van der Waals surface area (Å²) in [5.41, 5.74) is 0.546. The lowest BCUT2D eigenvalue weighted by molar-refractivity contribution is 0.0756. The zero-order valence-corrected chi connectivity index (χ0v) is 16.7. The molecular weight excluding hydrogens is 402 g/mol. The van der Waals surface area contributed by atoms with E-state index in [1.807, 2.05) is 13.8 Å². The number of rotatable bonds is 6. The van der Waals surface area contributed by atoms with Crippen molar-refractivity contribution in [3.05, 3.63) is 67.6 Å². The summed E-state index contributed by atoms with van der Waals surface area (Å²) in [7, 11) is 0. The van der Waals surface area contributed by atoms with Crippen molar-refractivity contribution in [3.63, 3.8) is 0 Å². The molecule has 0 aliphatic rings. The molecule has 1 atom stereocenters. The first-order valence-electron chi connectivity index (χ1n) is 7.74. The van der Waals surface area contributed by atoms with Crippen LogP contribution in [0.5, 0.6) is 0 Å². The molecule has 6 heteroatoms. The van der Waals surface area contributed by atoms with Gasteiger partial charge in [0.05, 0.1) is 16.0 Å². The van der Waals surface area contributed by atoms with Crippen LogP contribution in [0.3, 0.4) is 0 Å². The van der Waals surface area contributed by atoms with Gasteiger partial charge in [0.1, 0.15) is 0 Å². The van der Waals surface area contributed by atoms with Gasteiger partial charge in [-0.3, -0.25) is 9.59 Å². The Morgan fingerprint density at radius 2 is 1.24 bits per heavy atom. The van der Waals surface area contributed by atoms with Gasteiger partial charge in [-0.15, -0.1) is 0 Å². The summed E-state index contributed by atoms with van der Waals surface area (Å²) < 4.78 is 0. The molecule has 2 nitrogen and oxygen atoms in total. The highest BCUT2D eigenvalue weighted by atomic mass is 35.5. The van der Waals surface area contributed by atoms with Gasteiger partial charge in [-0.2, -0.15) is 0 Å². The van der Waals surface area contributed by atoms with Crippen LogP contribution in [0, 0.1) is 11.8 Å². The monoisotopic (exact) mass is 416 g/mol. The minimum atomic E-state index is -0.887. The predicted octanol–water partition coefficient (Wildman–Crippen LogP) is 7.03. The number of Topliss-reactive ketones (excluding diaryl/α,β-unsaturated/α-hetero) is 2. The van der Waals surface area contributed by atoms with Gasteiger partial charge in [-0.25, -0.2) is 0 Å². The molecule has 0 aliphatic carbocycles. The number of carbonyl (C=O) groups is 2. The van der Waals surface area contributed by atoms with Crippen molar-refractivity contribution in [1.29, 1.82) is 0 Å². The van der Waals surface area contributed by atoms with Crippen LogP contribution in [0.15, 0.2) is 36.4 Å². The standard InChI is InChI=1S/C19H16Cl4O2/c1-3-10(2)17(18(24)13-6-4-11(20)8-15(13)22)19(25)14-7-5-12(21)9-16(14)23/h4-10,17H,3H2,1-2H3. The molecule has 1 unspecified atom stereocenters. The third-order valence-electron chi connectivity index (χ3n) is 4.17. The number of halogens is 4. The Labute approximate surface area is 167 Å². The fraction of sp³-hybridized carbons (Fsp3) is 0.263. The molecule has 2 aromatic carbocycles. The van der Waals surface area contributed by atoms with E-state index in [0.717, 1.165) is 0 Å². The SMILES string of the molecule is CCC(C)C(C(=O)c1ccc(Cl)cc1Cl)C(=O)c1ccc(Cl)cc1Cl. The number of hydrogen-bond acceptors (Lipinski definition) is 2. The molecule has 0 saturated heterocycles. The summed E-state index contributed by atoms with van der Waals surface area (Å²) >= 11 is 24.1. The van der Waals surface area contributed by atoms with E-state index in [9.17, 15) is 9.59 Å². The minimum Gasteiger partial charge on any atom is -0.293 e. The fourth-order valence-corrected chi connectivity index (χ4v) is 3.59. The summed E-state index contributed by atoms with van der Waals surface area (Å²) in [6.45, 7) is 3.78. The lowest BCUT2D eigenvalue weighted by Crippen LogP contribution is -2.30. The van der Waals surface area contributed by atoms with Crippen molar-refractivity contribution < 1.29 is 9.59 Å². The molecule has 2 rings (SSSR count). The van der Waals surface area contributed by atoms with E-state index in [1.165, 1.54) is 12.1 Å². The van der Waals surface area contributed by atoms with Crippen LogP contribution in [0.25, 0.3) is 0 Å². The van der Waals surface area contributed by atoms with Gasteiger partial charge in [-0.1, -0.05) is 66.7 Å². The van der Waals surface area contributed by atoms with Crippen LogP contribution in [0.4, 0.5) is 0 Å². The second-order valence-electron chi connectivity index (χ2n) is 5.84. The van der Waals surface area contributed by atoms with E-state index in [4.69, 9.17) is 46.4 Å². The molecule has 0 aromatic heterocycles. The van der Waals surface area contributed by atoms with E-state index in [1.54, 1.807) is 24.3 Å². The van der Waals surface area contributed by atoms with Crippen LogP contribution >= 0.6 is 46.4 Å². The molecule has 2 aromatic rings. The zero-order valence-electron chi connectivity index (χ0n) is 13.7. The van der Waals surface area contributed by atoms with Crippen molar-refractivity contribution in [2.45, 2.75) is 20.3 Å². The number of ketones is 2. The first-order valence-corrected chi connectivity index (χ1v) is 9.26. The first-order chi connectivity index (χ1) is 11.8. The first kappa shape index (κ1) is 20.3. The van der Waals surface area contributed by atoms with E-state index in [2.05, 4.69) is 0 Å². The Morgan fingerprint density at radius 1 is 0.840 bits per heavy atom. The Bertz CT molecular complexity index is 754. The van der Waals surface area contributed by atoms with Crippen molar-refractivity contribution in [2.24, 2.45) is 11.8 Å². The summed E-state index contributed by atoms with van der Waals surface area (Å²) in [5, 5.41) is 1.30. The molecule has 0 aliphatic heterocycles. The van der Waals surface area contributed by atoms with Crippen LogP contribution in [-0.2, 0) is 0 Å². The third kappa shape index (κ3) is 4.57. The van der Waals surface area contributed by atoms with Gasteiger partial charge in [0.25, 0.3) is 0 Å². The highest BCUT2D eigenvalue weighted by Crippen LogP contribution is 2.31. The molecule has 0 amide bonds. The second kappa shape index (κ2) is 8.55. The molecule has 0 heterocycles. The molecule has 0 bridgehead atoms. The molecule has 0 saturated carbocycles. The summed E-state index contributed by atoms with van der Waals surface area (Å²) in [4.78, 5) is 26.1. The second-order valence-corrected chi connectivity index (χ2v) is 7.53. The number of hydrogen-bond donors (Lipinski definition) is 0. The van der Waals surface area contributed by atoms with Gasteiger partial charge in [0.15, 0.2) is 11.6 Å². The molecule has 0 fully saturated rings. The Morgan fingerprint density at radius 3 is 1.56 bits per heavy atom. The molecule has 0 N–H and O–H groups in total. The van der Waals surface area contributed by atoms with Crippen LogP contribution in [0.2, 0.25) is 20.1 Å². The Balaban J connectivity index is 2.48. The van der Waals surface area contributed by atoms with E-state index >= 15 is 0 Å². The third-order valence-corrected chi connectivity index (χ3v) is 5.27. The Kier molecular flexibility index (Phi) is 6.93. The summed E-state index contributed by atoms with van der Waals surface area (Å²) in [6.07, 6.45) is 0.651. The van der Waals surface area contributed by atoms with Crippen LogP contribution in [0.1, 0.15) is 41.0 Å². The quantitative estimate of drug-likeness (QED) is 0.373. The van der Waals surface area contributed by atoms with Gasteiger partial charge in [0, 0.05) is 21.2 Å². The molecular formula is C19H16Cl4O2. The van der Waals surface area contributed by atoms with Crippen molar-refractivity contribution in [3.8, 4) is 0 Å². The van der Waals surface area contributed by atoms with Gasteiger partial charge in [0.2, 0.25) is 0 Å². The molecule has 132 valence electrons. The van der Waals surface area contributed by atoms with E-state index in [-0.39, 0.29) is 38.7 Å². The predicted molar refractivity (Wildman–Crippen MR) is 105 cm³/mol. The lowest BCUT2D eigenvalue weighted by atomic mass is 9.80. The highest BCUT2D eigenvalue weighted by Gasteiger charge is 2.34. The highest BCUT2D eigenvalue weighted by molar-refractivity contribution is 6.39. The summed E-state index contributed by atoms with van der Waals surface area (Å²) in [5.74, 6) is -1.75. The van der Waals surface area contributed by atoms with Crippen molar-refractivity contribution >= 4 is 58.0 Å². The molecule has 0 spiro atoms. The summed E-state index contributed by atoms with van der Waals surface area (Å²) in [6, 6.07) is 9.22. The largest absolute Gasteiger partial charge is 0.293 e.